The number of likely N-dealkylation sites (N-methyl/N-ethyl adjacent to an activating group) is 2. The van der Waals surface area contributed by atoms with Gasteiger partial charge in [0.15, 0.2) is 0 Å². The monoisotopic (exact) mass is 502 g/mol. The van der Waals surface area contributed by atoms with Crippen LogP contribution in [0.3, 0.4) is 0 Å². The van der Waals surface area contributed by atoms with Gasteiger partial charge in [-0.05, 0) is 43.0 Å². The highest BCUT2D eigenvalue weighted by Crippen LogP contribution is 2.30. The van der Waals surface area contributed by atoms with E-state index in [-0.39, 0.29) is 23.3 Å². The van der Waals surface area contributed by atoms with E-state index in [2.05, 4.69) is 16.0 Å². The molecule has 0 bridgehead atoms. The van der Waals surface area contributed by atoms with Crippen LogP contribution in [-0.2, 0) is 19.8 Å². The van der Waals surface area contributed by atoms with E-state index in [1.165, 1.54) is 6.92 Å². The summed E-state index contributed by atoms with van der Waals surface area (Å²) in [6.45, 7) is 15.1. The second-order valence-corrected chi connectivity index (χ2v) is 11.4. The molecule has 0 unspecified atom stereocenters. The minimum absolute atomic E-state index is 0.0193. The van der Waals surface area contributed by atoms with Crippen molar-refractivity contribution in [3.8, 4) is 0 Å². The summed E-state index contributed by atoms with van der Waals surface area (Å²) in [6, 6.07) is 6.08. The van der Waals surface area contributed by atoms with Gasteiger partial charge in [-0.3, -0.25) is 9.59 Å². The first-order chi connectivity index (χ1) is 16.5. The third kappa shape index (κ3) is 7.56. The zero-order chi connectivity index (χ0) is 28.0. The van der Waals surface area contributed by atoms with E-state index in [4.69, 9.17) is 0 Å². The number of aliphatic carboxylic acids is 1. The number of amides is 2. The molecule has 0 heterocycles. The lowest BCUT2D eigenvalue weighted by Gasteiger charge is -2.40. The van der Waals surface area contributed by atoms with Crippen molar-refractivity contribution in [2.75, 3.05) is 26.5 Å². The smallest absolute Gasteiger partial charge is 0.331 e. The molecule has 0 aromatic heterocycles. The number of hydrogen-bond acceptors (Lipinski definition) is 5. The molecule has 1 aromatic rings. The maximum Gasteiger partial charge on any atom is 0.331 e. The highest BCUT2D eigenvalue weighted by Gasteiger charge is 2.41. The van der Waals surface area contributed by atoms with Crippen molar-refractivity contribution in [3.63, 3.8) is 0 Å². The number of carboxylic acids is 1. The Bertz CT molecular complexity index is 945. The van der Waals surface area contributed by atoms with Gasteiger partial charge in [-0.1, -0.05) is 66.7 Å². The van der Waals surface area contributed by atoms with Crippen molar-refractivity contribution in [1.29, 1.82) is 0 Å². The topological polar surface area (TPSA) is 111 Å². The summed E-state index contributed by atoms with van der Waals surface area (Å²) in [7, 11) is 5.25. The molecule has 0 aliphatic carbocycles. The minimum Gasteiger partial charge on any atom is -0.478 e. The fraction of sp³-hybridized carbons (Fsp3) is 0.607. The molecule has 3 atom stereocenters. The molecular weight excluding hydrogens is 456 g/mol. The Labute approximate surface area is 216 Å². The van der Waals surface area contributed by atoms with E-state index in [9.17, 15) is 19.5 Å². The van der Waals surface area contributed by atoms with Gasteiger partial charge in [-0.2, -0.15) is 0 Å². The van der Waals surface area contributed by atoms with Crippen molar-refractivity contribution in [2.45, 2.75) is 78.9 Å². The van der Waals surface area contributed by atoms with Crippen LogP contribution in [0.4, 0.5) is 5.69 Å². The SMILES string of the molecule is CNc1ccc(C(C)(C)[C@H](NC)C(=O)N[C@H](C(=O)N(C)[C@H](/C=C(\C)C(=O)O)C(C)C)C(C)(C)C)cc1. The third-order valence-corrected chi connectivity index (χ3v) is 6.83. The van der Waals surface area contributed by atoms with E-state index >= 15 is 0 Å². The van der Waals surface area contributed by atoms with Gasteiger partial charge >= 0.3 is 5.97 Å². The molecule has 1 aromatic carbocycles. The molecule has 0 saturated heterocycles. The van der Waals surface area contributed by atoms with Gasteiger partial charge in [0, 0.05) is 30.8 Å². The van der Waals surface area contributed by atoms with E-state index in [0.29, 0.717) is 0 Å². The molecule has 4 N–H and O–H groups in total. The largest absolute Gasteiger partial charge is 0.478 e. The summed E-state index contributed by atoms with van der Waals surface area (Å²) in [5, 5.41) is 18.6. The van der Waals surface area contributed by atoms with E-state index in [1.54, 1.807) is 25.1 Å². The third-order valence-electron chi connectivity index (χ3n) is 6.83. The van der Waals surface area contributed by atoms with E-state index < -0.39 is 34.9 Å². The molecule has 0 saturated carbocycles. The number of hydrogen-bond donors (Lipinski definition) is 4. The number of anilines is 1. The second kappa shape index (κ2) is 12.4. The molecule has 0 fully saturated rings. The lowest BCUT2D eigenvalue weighted by Crippen LogP contribution is -2.61. The van der Waals surface area contributed by atoms with E-state index in [1.807, 2.05) is 79.8 Å². The van der Waals surface area contributed by atoms with Crippen molar-refractivity contribution in [2.24, 2.45) is 11.3 Å². The quantitative estimate of drug-likeness (QED) is 0.344. The molecule has 0 aliphatic rings. The lowest BCUT2D eigenvalue weighted by atomic mass is 9.76. The Kier molecular flexibility index (Phi) is 10.7. The van der Waals surface area contributed by atoms with Crippen LogP contribution in [0.25, 0.3) is 0 Å². The Hall–Kier alpha value is -2.87. The van der Waals surface area contributed by atoms with Gasteiger partial charge in [-0.25, -0.2) is 4.79 Å². The maximum absolute atomic E-state index is 13.7. The fourth-order valence-corrected chi connectivity index (χ4v) is 4.36. The number of nitrogens with zero attached hydrogens (tertiary/aromatic N) is 1. The summed E-state index contributed by atoms with van der Waals surface area (Å²) in [6.07, 6.45) is 1.60. The Morgan fingerprint density at radius 2 is 1.50 bits per heavy atom. The Balaban J connectivity index is 3.30. The summed E-state index contributed by atoms with van der Waals surface area (Å²) >= 11 is 0. The lowest BCUT2D eigenvalue weighted by molar-refractivity contribution is -0.141. The van der Waals surface area contributed by atoms with Crippen LogP contribution in [0.1, 0.15) is 61.0 Å². The average Bonchev–Trinajstić information content (AvgIpc) is 2.79. The number of carbonyl (C=O) groups is 3. The molecule has 0 aliphatic heterocycles. The highest BCUT2D eigenvalue weighted by atomic mass is 16.4. The number of nitrogens with one attached hydrogen (secondary N) is 3. The first kappa shape index (κ1) is 31.2. The van der Waals surface area contributed by atoms with Gasteiger partial charge in [-0.15, -0.1) is 0 Å². The summed E-state index contributed by atoms with van der Waals surface area (Å²) in [5.41, 5.74) is 0.996. The van der Waals surface area contributed by atoms with Crippen molar-refractivity contribution < 1.29 is 19.5 Å². The van der Waals surface area contributed by atoms with Gasteiger partial charge in [0.2, 0.25) is 11.8 Å². The van der Waals surface area contributed by atoms with Crippen molar-refractivity contribution >= 4 is 23.5 Å². The van der Waals surface area contributed by atoms with Crippen LogP contribution >= 0.6 is 0 Å². The first-order valence-electron chi connectivity index (χ1n) is 12.4. The van der Waals surface area contributed by atoms with Crippen LogP contribution in [0.5, 0.6) is 0 Å². The number of rotatable bonds is 11. The normalized spacial score (nSPS) is 15.2. The number of benzene rings is 1. The van der Waals surface area contributed by atoms with Crippen LogP contribution in [-0.4, -0.2) is 67.1 Å². The van der Waals surface area contributed by atoms with Crippen molar-refractivity contribution in [3.05, 3.63) is 41.5 Å². The van der Waals surface area contributed by atoms with Gasteiger partial charge in [0.1, 0.15) is 6.04 Å². The Morgan fingerprint density at radius 3 is 1.89 bits per heavy atom. The molecular formula is C28H46N4O4. The van der Waals surface area contributed by atoms with Crippen LogP contribution in [0.15, 0.2) is 35.9 Å². The number of carbonyl (C=O) groups excluding carboxylic acids is 2. The highest BCUT2D eigenvalue weighted by molar-refractivity contribution is 5.91. The molecule has 0 spiro atoms. The predicted octanol–water partition coefficient (Wildman–Crippen LogP) is 3.64. The standard InChI is InChI=1S/C28H46N4O4/c1-17(2)21(16-18(3)26(35)36)32(11)25(34)23(27(4,5)6)31-24(33)22(30-10)28(7,8)19-12-14-20(29-9)15-13-19/h12-17,21-23,29-30H,1-11H3,(H,31,33)(H,35,36)/b18-16+/t21-,22-,23-/m1/s1. The van der Waals surface area contributed by atoms with Crippen LogP contribution < -0.4 is 16.0 Å². The van der Waals surface area contributed by atoms with Crippen molar-refractivity contribution in [1.82, 2.24) is 15.5 Å². The zero-order valence-corrected chi connectivity index (χ0v) is 23.8. The fourth-order valence-electron chi connectivity index (χ4n) is 4.36. The number of carboxylic acid groups (broad SMARTS) is 1. The molecule has 2 amide bonds. The van der Waals surface area contributed by atoms with E-state index in [0.717, 1.165) is 11.3 Å². The molecule has 8 heteroatoms. The summed E-state index contributed by atoms with van der Waals surface area (Å²) in [5.74, 6) is -1.59. The second-order valence-electron chi connectivity index (χ2n) is 11.4. The maximum atomic E-state index is 13.7. The Morgan fingerprint density at radius 1 is 0.972 bits per heavy atom. The molecule has 0 radical (unpaired) electrons. The summed E-state index contributed by atoms with van der Waals surface area (Å²) in [4.78, 5) is 40.3. The van der Waals surface area contributed by atoms with Gasteiger partial charge in [0.25, 0.3) is 0 Å². The van der Waals surface area contributed by atoms with Gasteiger partial charge < -0.3 is 26.0 Å². The first-order valence-corrected chi connectivity index (χ1v) is 12.4. The molecule has 8 nitrogen and oxygen atoms in total. The summed E-state index contributed by atoms with van der Waals surface area (Å²) < 4.78 is 0. The average molecular weight is 503 g/mol. The molecule has 1 rings (SSSR count). The predicted molar refractivity (Wildman–Crippen MR) is 146 cm³/mol. The van der Waals surface area contributed by atoms with Crippen LogP contribution in [0, 0.1) is 11.3 Å². The zero-order valence-electron chi connectivity index (χ0n) is 23.8. The molecule has 202 valence electrons. The van der Waals surface area contributed by atoms with Crippen LogP contribution in [0.2, 0.25) is 0 Å². The van der Waals surface area contributed by atoms with Gasteiger partial charge in [0.05, 0.1) is 12.1 Å². The molecule has 36 heavy (non-hydrogen) atoms. The minimum atomic E-state index is -1.02.